The lowest BCUT2D eigenvalue weighted by molar-refractivity contribution is 0.367. The first-order chi connectivity index (χ1) is 10.2. The van der Waals surface area contributed by atoms with Gasteiger partial charge in [-0.2, -0.15) is 24.7 Å². The van der Waals surface area contributed by atoms with Crippen LogP contribution < -0.4 is 10.6 Å². The Kier molecular flexibility index (Phi) is 5.38. The fourth-order valence-corrected chi connectivity index (χ4v) is 1.61. The van der Waals surface area contributed by atoms with Gasteiger partial charge >= 0.3 is 0 Å². The van der Waals surface area contributed by atoms with Crippen LogP contribution in [0.3, 0.4) is 0 Å². The van der Waals surface area contributed by atoms with E-state index in [2.05, 4.69) is 54.5 Å². The van der Waals surface area contributed by atoms with Gasteiger partial charge in [0.15, 0.2) is 0 Å². The molecule has 2 aromatic rings. The first-order valence-corrected chi connectivity index (χ1v) is 7.00. The van der Waals surface area contributed by atoms with Gasteiger partial charge in [-0.3, -0.25) is 0 Å². The number of hydrogen-bond acceptors (Lipinski definition) is 8. The molecule has 0 aliphatic carbocycles. The smallest absolute Gasteiger partial charge is 0.258 e. The minimum Gasteiger partial charge on any atom is -0.354 e. The van der Waals surface area contributed by atoms with Gasteiger partial charge in [0.25, 0.3) is 5.95 Å². The van der Waals surface area contributed by atoms with Crippen LogP contribution in [0.15, 0.2) is 12.7 Å². The Balaban J connectivity index is 2.12. The topological polar surface area (TPSA) is 96.7 Å². The summed E-state index contributed by atoms with van der Waals surface area (Å²) < 4.78 is 1.51. The zero-order valence-corrected chi connectivity index (χ0v) is 12.6. The van der Waals surface area contributed by atoms with Crippen LogP contribution in [0, 0.1) is 0 Å². The molecule has 0 aromatic carbocycles. The molecule has 21 heavy (non-hydrogen) atoms. The van der Waals surface area contributed by atoms with Crippen molar-refractivity contribution in [3.63, 3.8) is 0 Å². The molecular formula is C12H21N9. The summed E-state index contributed by atoms with van der Waals surface area (Å²) in [5.74, 6) is 1.48. The number of nitrogens with one attached hydrogen (secondary N) is 2. The van der Waals surface area contributed by atoms with Crippen molar-refractivity contribution in [1.82, 2.24) is 34.6 Å². The average molecular weight is 291 g/mol. The van der Waals surface area contributed by atoms with Gasteiger partial charge in [0, 0.05) is 19.6 Å². The van der Waals surface area contributed by atoms with Crippen molar-refractivity contribution < 1.29 is 0 Å². The van der Waals surface area contributed by atoms with E-state index in [9.17, 15) is 0 Å². The third-order valence-corrected chi connectivity index (χ3v) is 2.90. The lowest BCUT2D eigenvalue weighted by Gasteiger charge is -2.14. The number of nitrogens with zero attached hydrogens (tertiary/aromatic N) is 7. The van der Waals surface area contributed by atoms with Crippen LogP contribution in [0.1, 0.15) is 13.8 Å². The van der Waals surface area contributed by atoms with Crippen LogP contribution in [0.2, 0.25) is 0 Å². The van der Waals surface area contributed by atoms with Crippen LogP contribution in [0.4, 0.5) is 11.9 Å². The van der Waals surface area contributed by atoms with E-state index < -0.39 is 0 Å². The van der Waals surface area contributed by atoms with Crippen molar-refractivity contribution >= 4 is 11.9 Å². The van der Waals surface area contributed by atoms with E-state index in [1.807, 2.05) is 6.92 Å². The zero-order valence-electron chi connectivity index (χ0n) is 12.6. The second-order valence-corrected chi connectivity index (χ2v) is 4.48. The predicted molar refractivity (Wildman–Crippen MR) is 80.6 cm³/mol. The van der Waals surface area contributed by atoms with Gasteiger partial charge < -0.3 is 15.5 Å². The van der Waals surface area contributed by atoms with E-state index in [0.717, 1.165) is 26.2 Å². The monoisotopic (exact) mass is 291 g/mol. The Morgan fingerprint density at radius 1 is 1.14 bits per heavy atom. The minimum absolute atomic E-state index is 0.435. The summed E-state index contributed by atoms with van der Waals surface area (Å²) in [4.78, 5) is 19.1. The van der Waals surface area contributed by atoms with Gasteiger partial charge in [-0.05, 0) is 20.5 Å². The van der Waals surface area contributed by atoms with Crippen LogP contribution in [0.25, 0.3) is 5.95 Å². The summed E-state index contributed by atoms with van der Waals surface area (Å²) in [6.07, 6.45) is 3.00. The van der Waals surface area contributed by atoms with Gasteiger partial charge in [0.2, 0.25) is 11.9 Å². The molecule has 2 heterocycles. The Morgan fingerprint density at radius 3 is 2.52 bits per heavy atom. The second kappa shape index (κ2) is 7.48. The largest absolute Gasteiger partial charge is 0.354 e. The third kappa shape index (κ3) is 4.35. The second-order valence-electron chi connectivity index (χ2n) is 4.48. The molecule has 9 nitrogen and oxygen atoms in total. The Hall–Kier alpha value is -2.29. The highest BCUT2D eigenvalue weighted by atomic mass is 15.4. The van der Waals surface area contributed by atoms with Crippen LogP contribution in [-0.4, -0.2) is 67.8 Å². The molecule has 0 saturated heterocycles. The van der Waals surface area contributed by atoms with E-state index in [4.69, 9.17) is 0 Å². The summed E-state index contributed by atoms with van der Waals surface area (Å²) in [5, 5.41) is 10.3. The standard InChI is InChI=1S/C12H21N9/c1-4-14-10-17-11(15-6-7-20(3)5-2)19-12(18-10)21-9-13-8-16-21/h8-9H,4-7H2,1-3H3,(H2,14,15,17,18,19). The van der Waals surface area contributed by atoms with Gasteiger partial charge in [0.1, 0.15) is 12.7 Å². The predicted octanol–water partition coefficient (Wildman–Crippen LogP) is 0.248. The average Bonchev–Trinajstić information content (AvgIpc) is 3.01. The maximum atomic E-state index is 4.35. The molecule has 0 saturated carbocycles. The maximum Gasteiger partial charge on any atom is 0.258 e. The summed E-state index contributed by atoms with van der Waals surface area (Å²) in [7, 11) is 2.07. The molecule has 0 spiro atoms. The molecule has 0 unspecified atom stereocenters. The molecule has 0 amide bonds. The van der Waals surface area contributed by atoms with Crippen molar-refractivity contribution in [2.75, 3.05) is 43.9 Å². The normalized spacial score (nSPS) is 10.9. The SMILES string of the molecule is CCNc1nc(NCCN(C)CC)nc(-n2cncn2)n1. The highest BCUT2D eigenvalue weighted by molar-refractivity contribution is 5.37. The number of hydrogen-bond donors (Lipinski definition) is 2. The summed E-state index contributed by atoms with van der Waals surface area (Å²) in [5.41, 5.74) is 0. The number of likely N-dealkylation sites (N-methyl/N-ethyl adjacent to an activating group) is 1. The quantitative estimate of drug-likeness (QED) is 0.714. The number of aromatic nitrogens is 6. The Morgan fingerprint density at radius 2 is 1.90 bits per heavy atom. The van der Waals surface area contributed by atoms with E-state index in [-0.39, 0.29) is 0 Å². The van der Waals surface area contributed by atoms with Crippen LogP contribution in [0.5, 0.6) is 0 Å². The third-order valence-electron chi connectivity index (χ3n) is 2.90. The molecule has 0 aliphatic rings. The van der Waals surface area contributed by atoms with E-state index in [1.54, 1.807) is 6.33 Å². The molecule has 2 rings (SSSR count). The maximum absolute atomic E-state index is 4.35. The molecule has 2 aromatic heterocycles. The van der Waals surface area contributed by atoms with Gasteiger partial charge in [-0.15, -0.1) is 0 Å². The number of anilines is 2. The summed E-state index contributed by atoms with van der Waals surface area (Å²) in [6.45, 7) is 7.52. The summed E-state index contributed by atoms with van der Waals surface area (Å²) in [6, 6.07) is 0. The van der Waals surface area contributed by atoms with Crippen molar-refractivity contribution in [2.24, 2.45) is 0 Å². The fraction of sp³-hybridized carbons (Fsp3) is 0.583. The van der Waals surface area contributed by atoms with E-state index in [1.165, 1.54) is 11.0 Å². The molecule has 0 radical (unpaired) electrons. The first-order valence-electron chi connectivity index (χ1n) is 7.00. The van der Waals surface area contributed by atoms with E-state index >= 15 is 0 Å². The zero-order chi connectivity index (χ0) is 15.1. The lowest BCUT2D eigenvalue weighted by Crippen LogP contribution is -2.25. The van der Waals surface area contributed by atoms with Crippen molar-refractivity contribution in [3.8, 4) is 5.95 Å². The van der Waals surface area contributed by atoms with Gasteiger partial charge in [0.05, 0.1) is 0 Å². The number of rotatable bonds is 8. The lowest BCUT2D eigenvalue weighted by atomic mass is 10.5. The van der Waals surface area contributed by atoms with Gasteiger partial charge in [-0.1, -0.05) is 6.92 Å². The highest BCUT2D eigenvalue weighted by Gasteiger charge is 2.08. The first kappa shape index (κ1) is 15.1. The van der Waals surface area contributed by atoms with Crippen LogP contribution in [-0.2, 0) is 0 Å². The molecule has 0 bridgehead atoms. The molecule has 2 N–H and O–H groups in total. The molecule has 114 valence electrons. The molecular weight excluding hydrogens is 270 g/mol. The minimum atomic E-state index is 0.435. The van der Waals surface area contributed by atoms with Crippen LogP contribution >= 0.6 is 0 Å². The van der Waals surface area contributed by atoms with Crippen molar-refractivity contribution in [2.45, 2.75) is 13.8 Å². The Labute approximate surface area is 123 Å². The molecule has 9 heteroatoms. The van der Waals surface area contributed by atoms with Crippen molar-refractivity contribution in [1.29, 1.82) is 0 Å². The highest BCUT2D eigenvalue weighted by Crippen LogP contribution is 2.08. The van der Waals surface area contributed by atoms with Gasteiger partial charge in [-0.25, -0.2) is 4.98 Å². The fourth-order valence-electron chi connectivity index (χ4n) is 1.61. The Bertz CT molecular complexity index is 540. The molecule has 0 atom stereocenters. The van der Waals surface area contributed by atoms with Crippen molar-refractivity contribution in [3.05, 3.63) is 12.7 Å². The molecule has 0 fully saturated rings. The molecule has 0 aliphatic heterocycles. The van der Waals surface area contributed by atoms with E-state index in [0.29, 0.717) is 17.8 Å². The summed E-state index contributed by atoms with van der Waals surface area (Å²) >= 11 is 0.